The smallest absolute Gasteiger partial charge is 0.0175 e. The van der Waals surface area contributed by atoms with E-state index in [0.29, 0.717) is 0 Å². The average molecular weight is 586 g/mol. The van der Waals surface area contributed by atoms with Gasteiger partial charge in [-0.05, 0) is 94.7 Å². The summed E-state index contributed by atoms with van der Waals surface area (Å²) < 4.78 is 1.09. The summed E-state index contributed by atoms with van der Waals surface area (Å²) in [5.74, 6) is 0. The molecule has 0 saturated carbocycles. The molecular formula is C40H25Br. The van der Waals surface area contributed by atoms with E-state index in [4.69, 9.17) is 0 Å². The van der Waals surface area contributed by atoms with Crippen molar-refractivity contribution < 1.29 is 0 Å². The monoisotopic (exact) mass is 584 g/mol. The van der Waals surface area contributed by atoms with E-state index in [-0.39, 0.29) is 0 Å². The second kappa shape index (κ2) is 9.73. The molecule has 0 saturated heterocycles. The Morgan fingerprint density at radius 2 is 0.756 bits per heavy atom. The molecule has 0 atom stereocenters. The first kappa shape index (κ1) is 24.1. The van der Waals surface area contributed by atoms with E-state index >= 15 is 0 Å². The van der Waals surface area contributed by atoms with Crippen LogP contribution in [0.1, 0.15) is 0 Å². The third-order valence-electron chi connectivity index (χ3n) is 8.32. The standard InChI is InChI=1S/C40H25Br/c41-30-22-19-26(20-23-30)29-21-24-37-38(25-29)40(34-18-8-12-28-10-2-4-14-32(28)34)36-16-6-5-15-35(36)39(37)33-17-7-11-27-9-1-3-13-31(27)33/h1-25H. The maximum Gasteiger partial charge on any atom is 0.0175 e. The van der Waals surface area contributed by atoms with E-state index in [0.717, 1.165) is 4.47 Å². The predicted molar refractivity (Wildman–Crippen MR) is 180 cm³/mol. The Hall–Kier alpha value is -4.72. The van der Waals surface area contributed by atoms with E-state index in [1.807, 2.05) is 0 Å². The lowest BCUT2D eigenvalue weighted by atomic mass is 9.83. The van der Waals surface area contributed by atoms with Crippen LogP contribution in [0.25, 0.3) is 76.5 Å². The lowest BCUT2D eigenvalue weighted by Crippen LogP contribution is -1.93. The summed E-state index contributed by atoms with van der Waals surface area (Å²) in [6.07, 6.45) is 0. The van der Waals surface area contributed by atoms with Crippen LogP contribution in [-0.2, 0) is 0 Å². The summed E-state index contributed by atoms with van der Waals surface area (Å²) in [5, 5.41) is 10.1. The van der Waals surface area contributed by atoms with Gasteiger partial charge in [0.05, 0.1) is 0 Å². The van der Waals surface area contributed by atoms with Gasteiger partial charge in [0.2, 0.25) is 0 Å². The fourth-order valence-corrected chi connectivity index (χ4v) is 6.73. The first-order valence-corrected chi connectivity index (χ1v) is 14.8. The van der Waals surface area contributed by atoms with Crippen molar-refractivity contribution in [1.82, 2.24) is 0 Å². The summed E-state index contributed by atoms with van der Waals surface area (Å²) >= 11 is 3.61. The highest BCUT2D eigenvalue weighted by Crippen LogP contribution is 2.47. The molecule has 41 heavy (non-hydrogen) atoms. The molecule has 0 aliphatic heterocycles. The molecule has 0 heterocycles. The molecule has 0 N–H and O–H groups in total. The second-order valence-corrected chi connectivity index (χ2v) is 11.5. The molecule has 0 aliphatic rings. The van der Waals surface area contributed by atoms with Crippen LogP contribution in [0.4, 0.5) is 0 Å². The molecular weight excluding hydrogens is 560 g/mol. The van der Waals surface area contributed by atoms with Crippen molar-refractivity contribution in [1.29, 1.82) is 0 Å². The molecule has 0 radical (unpaired) electrons. The Morgan fingerprint density at radius 1 is 0.317 bits per heavy atom. The molecule has 0 spiro atoms. The van der Waals surface area contributed by atoms with Gasteiger partial charge < -0.3 is 0 Å². The fourth-order valence-electron chi connectivity index (χ4n) is 6.47. The summed E-state index contributed by atoms with van der Waals surface area (Å²) in [6.45, 7) is 0. The minimum atomic E-state index is 1.09. The Balaban J connectivity index is 1.57. The van der Waals surface area contributed by atoms with Crippen LogP contribution in [0.5, 0.6) is 0 Å². The molecule has 8 rings (SSSR count). The van der Waals surface area contributed by atoms with Gasteiger partial charge in [-0.25, -0.2) is 0 Å². The predicted octanol–water partition coefficient (Wildman–Crippen LogP) is 12.1. The zero-order chi connectivity index (χ0) is 27.3. The van der Waals surface area contributed by atoms with Crippen LogP contribution >= 0.6 is 15.9 Å². The Bertz CT molecular complexity index is 2250. The lowest BCUT2D eigenvalue weighted by molar-refractivity contribution is 1.61. The first-order chi connectivity index (χ1) is 20.3. The normalized spacial score (nSPS) is 11.5. The highest BCUT2D eigenvalue weighted by atomic mass is 79.9. The molecule has 0 aliphatic carbocycles. The van der Waals surface area contributed by atoms with E-state index in [1.54, 1.807) is 0 Å². The Labute approximate surface area is 247 Å². The van der Waals surface area contributed by atoms with Gasteiger partial charge in [-0.15, -0.1) is 0 Å². The van der Waals surface area contributed by atoms with Gasteiger partial charge in [-0.1, -0.05) is 149 Å². The molecule has 0 unspecified atom stereocenters. The van der Waals surface area contributed by atoms with Crippen molar-refractivity contribution >= 4 is 59.0 Å². The van der Waals surface area contributed by atoms with Crippen molar-refractivity contribution in [2.45, 2.75) is 0 Å². The highest BCUT2D eigenvalue weighted by Gasteiger charge is 2.19. The van der Waals surface area contributed by atoms with Crippen LogP contribution < -0.4 is 0 Å². The maximum absolute atomic E-state index is 3.61. The highest BCUT2D eigenvalue weighted by molar-refractivity contribution is 9.10. The number of halogens is 1. The number of benzene rings is 8. The van der Waals surface area contributed by atoms with Gasteiger partial charge in [0.25, 0.3) is 0 Å². The molecule has 0 nitrogen and oxygen atoms in total. The van der Waals surface area contributed by atoms with Crippen molar-refractivity contribution in [2.24, 2.45) is 0 Å². The number of hydrogen-bond acceptors (Lipinski definition) is 0. The fraction of sp³-hybridized carbons (Fsp3) is 0. The SMILES string of the molecule is Brc1ccc(-c2ccc3c(-c4cccc5ccccc45)c4ccccc4c(-c4cccc5ccccc45)c3c2)cc1. The average Bonchev–Trinajstić information content (AvgIpc) is 3.03. The molecule has 1 heteroatoms. The second-order valence-electron chi connectivity index (χ2n) is 10.6. The maximum atomic E-state index is 3.61. The van der Waals surface area contributed by atoms with Crippen molar-refractivity contribution in [3.63, 3.8) is 0 Å². The molecule has 0 bridgehead atoms. The van der Waals surface area contributed by atoms with Crippen LogP contribution in [-0.4, -0.2) is 0 Å². The molecule has 8 aromatic rings. The van der Waals surface area contributed by atoms with E-state index in [9.17, 15) is 0 Å². The van der Waals surface area contributed by atoms with E-state index in [1.165, 1.54) is 76.5 Å². The van der Waals surface area contributed by atoms with Gasteiger partial charge >= 0.3 is 0 Å². The first-order valence-electron chi connectivity index (χ1n) is 14.0. The van der Waals surface area contributed by atoms with Crippen molar-refractivity contribution in [3.05, 3.63) is 156 Å². The van der Waals surface area contributed by atoms with Crippen molar-refractivity contribution in [3.8, 4) is 33.4 Å². The molecule has 192 valence electrons. The molecule has 8 aromatic carbocycles. The third kappa shape index (κ3) is 3.96. The summed E-state index contributed by atoms with van der Waals surface area (Å²) in [4.78, 5) is 0. The van der Waals surface area contributed by atoms with Crippen LogP contribution in [0.2, 0.25) is 0 Å². The van der Waals surface area contributed by atoms with Gasteiger partial charge in [0.1, 0.15) is 0 Å². The number of rotatable bonds is 3. The van der Waals surface area contributed by atoms with Crippen LogP contribution in [0.3, 0.4) is 0 Å². The summed E-state index contributed by atoms with van der Waals surface area (Å²) in [5.41, 5.74) is 7.53. The Morgan fingerprint density at radius 3 is 1.34 bits per heavy atom. The Kier molecular flexibility index (Phi) is 5.72. The molecule has 0 fully saturated rings. The number of hydrogen-bond donors (Lipinski definition) is 0. The third-order valence-corrected chi connectivity index (χ3v) is 8.85. The summed E-state index contributed by atoms with van der Waals surface area (Å²) in [7, 11) is 0. The molecule has 0 amide bonds. The minimum Gasteiger partial charge on any atom is -0.0616 e. The van der Waals surface area contributed by atoms with Crippen molar-refractivity contribution in [2.75, 3.05) is 0 Å². The van der Waals surface area contributed by atoms with Gasteiger partial charge in [0.15, 0.2) is 0 Å². The van der Waals surface area contributed by atoms with E-state index < -0.39 is 0 Å². The quantitative estimate of drug-likeness (QED) is 0.181. The summed E-state index contributed by atoms with van der Waals surface area (Å²) in [6, 6.07) is 55.4. The van der Waals surface area contributed by atoms with Gasteiger partial charge in [-0.2, -0.15) is 0 Å². The van der Waals surface area contributed by atoms with Gasteiger partial charge in [-0.3, -0.25) is 0 Å². The van der Waals surface area contributed by atoms with E-state index in [2.05, 4.69) is 168 Å². The zero-order valence-corrected chi connectivity index (χ0v) is 23.9. The lowest BCUT2D eigenvalue weighted by Gasteiger charge is -2.20. The zero-order valence-electron chi connectivity index (χ0n) is 22.3. The topological polar surface area (TPSA) is 0 Å². The largest absolute Gasteiger partial charge is 0.0616 e. The van der Waals surface area contributed by atoms with Crippen LogP contribution in [0.15, 0.2) is 156 Å². The van der Waals surface area contributed by atoms with Gasteiger partial charge in [0, 0.05) is 4.47 Å². The number of fused-ring (bicyclic) bond motifs is 4. The van der Waals surface area contributed by atoms with Crippen LogP contribution in [0, 0.1) is 0 Å². The minimum absolute atomic E-state index is 1.09. The molecule has 0 aromatic heterocycles.